The van der Waals surface area contributed by atoms with Gasteiger partial charge in [0.25, 0.3) is 0 Å². The van der Waals surface area contributed by atoms with Gasteiger partial charge in [0.15, 0.2) is 0 Å². The van der Waals surface area contributed by atoms with E-state index in [9.17, 15) is 5.11 Å². The number of rotatable bonds is 5. The molecular formula is C13H20O. The second-order valence-corrected chi connectivity index (χ2v) is 4.08. The lowest BCUT2D eigenvalue weighted by Crippen LogP contribution is -2.28. The molecule has 1 aliphatic carbocycles. The zero-order valence-electron chi connectivity index (χ0n) is 8.84. The molecule has 1 nitrogen and oxygen atoms in total. The number of allylic oxidation sites excluding steroid dienone is 2. The predicted octanol–water partition coefficient (Wildman–Crippen LogP) is 3.37. The molecule has 0 fully saturated rings. The van der Waals surface area contributed by atoms with Crippen molar-refractivity contribution in [1.82, 2.24) is 0 Å². The van der Waals surface area contributed by atoms with Crippen LogP contribution in [0.5, 0.6) is 0 Å². The van der Waals surface area contributed by atoms with Crippen LogP contribution in [0.3, 0.4) is 0 Å². The van der Waals surface area contributed by atoms with Gasteiger partial charge in [0, 0.05) is 0 Å². The molecule has 0 amide bonds. The molecule has 1 unspecified atom stereocenters. The third-order valence-corrected chi connectivity index (χ3v) is 2.75. The molecule has 0 bridgehead atoms. The molecule has 0 aromatic carbocycles. The minimum absolute atomic E-state index is 0.615. The molecule has 0 aromatic rings. The Morgan fingerprint density at radius 2 is 2.21 bits per heavy atom. The number of hydrogen-bond acceptors (Lipinski definition) is 1. The highest BCUT2D eigenvalue weighted by atomic mass is 16.3. The molecule has 0 aromatic heterocycles. The molecule has 1 atom stereocenters. The summed E-state index contributed by atoms with van der Waals surface area (Å²) in [4.78, 5) is 0. The van der Waals surface area contributed by atoms with Crippen LogP contribution in [0.4, 0.5) is 0 Å². The third kappa shape index (κ3) is 3.15. The summed E-state index contributed by atoms with van der Waals surface area (Å²) < 4.78 is 0. The van der Waals surface area contributed by atoms with Gasteiger partial charge in [-0.2, -0.15) is 0 Å². The quantitative estimate of drug-likeness (QED) is 0.662. The largest absolute Gasteiger partial charge is 0.385 e. The highest BCUT2D eigenvalue weighted by Gasteiger charge is 2.25. The molecule has 0 aliphatic heterocycles. The second kappa shape index (κ2) is 5.16. The average Bonchev–Trinajstić information content (AvgIpc) is 2.15. The summed E-state index contributed by atoms with van der Waals surface area (Å²) in [5, 5.41) is 10.2. The van der Waals surface area contributed by atoms with E-state index in [0.29, 0.717) is 6.42 Å². The summed E-state index contributed by atoms with van der Waals surface area (Å²) in [6.45, 7) is 7.39. The van der Waals surface area contributed by atoms with E-state index in [1.165, 1.54) is 5.57 Å². The maximum atomic E-state index is 10.2. The van der Waals surface area contributed by atoms with E-state index >= 15 is 0 Å². The maximum absolute atomic E-state index is 10.2. The first-order valence-corrected chi connectivity index (χ1v) is 5.35. The van der Waals surface area contributed by atoms with E-state index in [2.05, 4.69) is 13.2 Å². The molecule has 14 heavy (non-hydrogen) atoms. The summed E-state index contributed by atoms with van der Waals surface area (Å²) in [5.41, 5.74) is 0.761. The Kier molecular flexibility index (Phi) is 4.15. The number of hydrogen-bond donors (Lipinski definition) is 1. The van der Waals surface area contributed by atoms with Crippen LogP contribution in [0, 0.1) is 0 Å². The van der Waals surface area contributed by atoms with Gasteiger partial charge in [0.05, 0.1) is 5.60 Å². The smallest absolute Gasteiger partial charge is 0.0864 e. The Bertz CT molecular complexity index is 240. The Morgan fingerprint density at radius 3 is 2.86 bits per heavy atom. The van der Waals surface area contributed by atoms with Crippen molar-refractivity contribution in [2.24, 2.45) is 0 Å². The van der Waals surface area contributed by atoms with Crippen molar-refractivity contribution in [1.29, 1.82) is 0 Å². The SMILES string of the molecule is C=CCCC1=CC(O)(CC=C)CCC1. The van der Waals surface area contributed by atoms with Crippen molar-refractivity contribution in [3.05, 3.63) is 37.0 Å². The van der Waals surface area contributed by atoms with Crippen molar-refractivity contribution >= 4 is 0 Å². The first kappa shape index (κ1) is 11.3. The summed E-state index contributed by atoms with van der Waals surface area (Å²) in [5.74, 6) is 0. The summed E-state index contributed by atoms with van der Waals surface area (Å²) >= 11 is 0. The predicted molar refractivity (Wildman–Crippen MR) is 61.1 cm³/mol. The van der Waals surface area contributed by atoms with Gasteiger partial charge in [-0.1, -0.05) is 23.8 Å². The van der Waals surface area contributed by atoms with Gasteiger partial charge in [0.2, 0.25) is 0 Å². The molecular weight excluding hydrogens is 172 g/mol. The molecule has 0 spiro atoms. The van der Waals surface area contributed by atoms with Crippen molar-refractivity contribution in [2.45, 2.75) is 44.1 Å². The molecule has 78 valence electrons. The molecule has 0 radical (unpaired) electrons. The van der Waals surface area contributed by atoms with Crippen LogP contribution in [0.1, 0.15) is 38.5 Å². The normalized spacial score (nSPS) is 26.8. The first-order valence-electron chi connectivity index (χ1n) is 5.35. The summed E-state index contributed by atoms with van der Waals surface area (Å²) in [6, 6.07) is 0. The van der Waals surface area contributed by atoms with Gasteiger partial charge in [-0.25, -0.2) is 0 Å². The van der Waals surface area contributed by atoms with Crippen LogP contribution in [0.15, 0.2) is 37.0 Å². The highest BCUT2D eigenvalue weighted by Crippen LogP contribution is 2.31. The van der Waals surface area contributed by atoms with E-state index in [-0.39, 0.29) is 0 Å². The minimum Gasteiger partial charge on any atom is -0.385 e. The fourth-order valence-electron chi connectivity index (χ4n) is 2.04. The average molecular weight is 192 g/mol. The molecule has 1 rings (SSSR count). The van der Waals surface area contributed by atoms with Crippen molar-refractivity contribution in [3.63, 3.8) is 0 Å². The lowest BCUT2D eigenvalue weighted by atomic mass is 9.83. The Labute approximate surface area is 86.8 Å². The fourth-order valence-corrected chi connectivity index (χ4v) is 2.04. The van der Waals surface area contributed by atoms with Crippen LogP contribution < -0.4 is 0 Å². The molecule has 1 N–H and O–H groups in total. The summed E-state index contributed by atoms with van der Waals surface area (Å²) in [7, 11) is 0. The van der Waals surface area contributed by atoms with Gasteiger partial charge in [-0.05, 0) is 38.5 Å². The van der Waals surface area contributed by atoms with Gasteiger partial charge >= 0.3 is 0 Å². The number of aliphatic hydroxyl groups is 1. The van der Waals surface area contributed by atoms with E-state index in [1.807, 2.05) is 12.2 Å². The van der Waals surface area contributed by atoms with Crippen molar-refractivity contribution in [3.8, 4) is 0 Å². The van der Waals surface area contributed by atoms with Gasteiger partial charge in [-0.3, -0.25) is 0 Å². The molecule has 1 aliphatic rings. The second-order valence-electron chi connectivity index (χ2n) is 4.08. The van der Waals surface area contributed by atoms with Crippen LogP contribution >= 0.6 is 0 Å². The zero-order valence-corrected chi connectivity index (χ0v) is 8.84. The van der Waals surface area contributed by atoms with Crippen LogP contribution in [-0.2, 0) is 0 Å². The molecule has 0 saturated heterocycles. The van der Waals surface area contributed by atoms with E-state index < -0.39 is 5.60 Å². The van der Waals surface area contributed by atoms with Crippen molar-refractivity contribution in [2.75, 3.05) is 0 Å². The summed E-state index contributed by atoms with van der Waals surface area (Å²) in [6.07, 6.45) is 11.6. The first-order chi connectivity index (χ1) is 6.70. The van der Waals surface area contributed by atoms with Gasteiger partial charge < -0.3 is 5.11 Å². The molecule has 0 saturated carbocycles. The fraction of sp³-hybridized carbons (Fsp3) is 0.538. The van der Waals surface area contributed by atoms with Gasteiger partial charge in [0.1, 0.15) is 0 Å². The topological polar surface area (TPSA) is 20.2 Å². The van der Waals surface area contributed by atoms with E-state index in [4.69, 9.17) is 0 Å². The molecule has 1 heteroatoms. The minimum atomic E-state index is -0.615. The van der Waals surface area contributed by atoms with Crippen LogP contribution in [0.2, 0.25) is 0 Å². The standard InChI is InChI=1S/C13H20O/c1-3-5-7-12-8-6-10-13(14,11-12)9-4-2/h3-4,11,14H,1-2,5-10H2. The molecule has 0 heterocycles. The van der Waals surface area contributed by atoms with Crippen molar-refractivity contribution < 1.29 is 5.11 Å². The highest BCUT2D eigenvalue weighted by molar-refractivity contribution is 5.16. The van der Waals surface area contributed by atoms with Crippen LogP contribution in [-0.4, -0.2) is 10.7 Å². The Balaban J connectivity index is 2.61. The van der Waals surface area contributed by atoms with E-state index in [1.54, 1.807) is 6.08 Å². The lowest BCUT2D eigenvalue weighted by molar-refractivity contribution is 0.0758. The zero-order chi connectivity index (χ0) is 10.4. The monoisotopic (exact) mass is 192 g/mol. The Hall–Kier alpha value is -0.820. The maximum Gasteiger partial charge on any atom is 0.0864 e. The van der Waals surface area contributed by atoms with E-state index in [0.717, 1.165) is 32.1 Å². The van der Waals surface area contributed by atoms with Gasteiger partial charge in [-0.15, -0.1) is 13.2 Å². The Morgan fingerprint density at radius 1 is 1.43 bits per heavy atom. The lowest BCUT2D eigenvalue weighted by Gasteiger charge is -2.29. The third-order valence-electron chi connectivity index (χ3n) is 2.75. The van der Waals surface area contributed by atoms with Crippen LogP contribution in [0.25, 0.3) is 0 Å².